The first kappa shape index (κ1) is 19.9. The molecule has 26 heavy (non-hydrogen) atoms. The van der Waals surface area contributed by atoms with E-state index < -0.39 is 17.4 Å². The molecule has 2 rings (SSSR count). The molecule has 0 fully saturated rings. The fourth-order valence-electron chi connectivity index (χ4n) is 2.23. The molecule has 0 amide bonds. The SMILES string of the molecule is C[C@](N)(C(=O)O)C(CN)c1nc(Cl)cc(OCCOc2ccccc2)n1. The number of halogens is 1. The number of carboxylic acids is 1. The Kier molecular flexibility index (Phi) is 6.73. The zero-order chi connectivity index (χ0) is 19.2. The maximum Gasteiger partial charge on any atom is 0.324 e. The summed E-state index contributed by atoms with van der Waals surface area (Å²) in [5.74, 6) is -1.01. The molecule has 0 saturated heterocycles. The van der Waals surface area contributed by atoms with Gasteiger partial charge >= 0.3 is 5.97 Å². The number of aromatic nitrogens is 2. The van der Waals surface area contributed by atoms with Crippen LogP contribution in [-0.2, 0) is 4.79 Å². The molecule has 2 aromatic rings. The average Bonchev–Trinajstić information content (AvgIpc) is 2.59. The summed E-state index contributed by atoms with van der Waals surface area (Å²) in [4.78, 5) is 19.6. The summed E-state index contributed by atoms with van der Waals surface area (Å²) in [5.41, 5.74) is 9.91. The lowest BCUT2D eigenvalue weighted by molar-refractivity contribution is -0.143. The number of carbonyl (C=O) groups is 1. The Morgan fingerprint density at radius 3 is 2.54 bits per heavy atom. The summed E-state index contributed by atoms with van der Waals surface area (Å²) < 4.78 is 11.1. The van der Waals surface area contributed by atoms with E-state index in [1.807, 2.05) is 30.3 Å². The van der Waals surface area contributed by atoms with Gasteiger partial charge in [-0.2, -0.15) is 4.98 Å². The molecule has 0 bridgehead atoms. The smallest absolute Gasteiger partial charge is 0.324 e. The largest absolute Gasteiger partial charge is 0.490 e. The minimum absolute atomic E-state index is 0.0593. The summed E-state index contributed by atoms with van der Waals surface area (Å²) >= 11 is 6.00. The number of aliphatic carboxylic acids is 1. The lowest BCUT2D eigenvalue weighted by Crippen LogP contribution is -2.52. The number of hydrogen-bond donors (Lipinski definition) is 3. The van der Waals surface area contributed by atoms with Crippen molar-refractivity contribution in [1.29, 1.82) is 0 Å². The van der Waals surface area contributed by atoms with Crippen LogP contribution in [0.2, 0.25) is 5.15 Å². The highest BCUT2D eigenvalue weighted by Crippen LogP contribution is 2.26. The first-order chi connectivity index (χ1) is 12.3. The summed E-state index contributed by atoms with van der Waals surface area (Å²) in [7, 11) is 0. The van der Waals surface area contributed by atoms with Crippen molar-refractivity contribution in [3.05, 3.63) is 47.4 Å². The average molecular weight is 381 g/mol. The van der Waals surface area contributed by atoms with Crippen LogP contribution in [-0.4, -0.2) is 46.3 Å². The van der Waals surface area contributed by atoms with Gasteiger partial charge in [0.15, 0.2) is 0 Å². The van der Waals surface area contributed by atoms with Gasteiger partial charge in [0.2, 0.25) is 5.88 Å². The summed E-state index contributed by atoms with van der Waals surface area (Å²) in [6, 6.07) is 10.7. The molecule has 0 aliphatic carbocycles. The van der Waals surface area contributed by atoms with E-state index in [4.69, 9.17) is 32.5 Å². The second-order valence-electron chi connectivity index (χ2n) is 5.77. The van der Waals surface area contributed by atoms with Crippen molar-refractivity contribution >= 4 is 17.6 Å². The van der Waals surface area contributed by atoms with Gasteiger partial charge in [-0.05, 0) is 19.1 Å². The van der Waals surface area contributed by atoms with E-state index >= 15 is 0 Å². The first-order valence-corrected chi connectivity index (χ1v) is 8.30. The van der Waals surface area contributed by atoms with E-state index in [1.54, 1.807) is 0 Å². The number of carboxylic acid groups (broad SMARTS) is 1. The van der Waals surface area contributed by atoms with Crippen molar-refractivity contribution in [3.63, 3.8) is 0 Å². The van der Waals surface area contributed by atoms with Crippen molar-refractivity contribution in [2.75, 3.05) is 19.8 Å². The van der Waals surface area contributed by atoms with Crippen molar-refractivity contribution in [2.45, 2.75) is 18.4 Å². The number of benzene rings is 1. The molecule has 8 nitrogen and oxygen atoms in total. The third-order valence-electron chi connectivity index (χ3n) is 3.77. The van der Waals surface area contributed by atoms with Crippen LogP contribution in [0, 0.1) is 0 Å². The molecule has 5 N–H and O–H groups in total. The fourth-order valence-corrected chi connectivity index (χ4v) is 2.41. The number of hydrogen-bond acceptors (Lipinski definition) is 7. The first-order valence-electron chi connectivity index (χ1n) is 7.92. The molecule has 0 spiro atoms. The molecule has 9 heteroatoms. The lowest BCUT2D eigenvalue weighted by Gasteiger charge is -2.28. The minimum Gasteiger partial charge on any atom is -0.490 e. The lowest BCUT2D eigenvalue weighted by atomic mass is 9.86. The topological polar surface area (TPSA) is 134 Å². The number of para-hydroxylation sites is 1. The fraction of sp³-hybridized carbons (Fsp3) is 0.353. The number of nitrogens with zero attached hydrogens (tertiary/aromatic N) is 2. The van der Waals surface area contributed by atoms with E-state index in [0.29, 0.717) is 6.61 Å². The Bertz CT molecular complexity index is 743. The Balaban J connectivity index is 2.05. The molecule has 1 heterocycles. The summed E-state index contributed by atoms with van der Waals surface area (Å²) in [6.07, 6.45) is 0. The predicted molar refractivity (Wildman–Crippen MR) is 96.5 cm³/mol. The van der Waals surface area contributed by atoms with Crippen LogP contribution in [0.15, 0.2) is 36.4 Å². The third kappa shape index (κ3) is 5.04. The molecular weight excluding hydrogens is 360 g/mol. The zero-order valence-corrected chi connectivity index (χ0v) is 15.0. The van der Waals surface area contributed by atoms with Crippen molar-refractivity contribution < 1.29 is 19.4 Å². The normalized spacial score (nSPS) is 14.3. The summed E-state index contributed by atoms with van der Waals surface area (Å²) in [5, 5.41) is 9.41. The molecular formula is C17H21ClN4O4. The van der Waals surface area contributed by atoms with Gasteiger partial charge in [0.05, 0.1) is 5.92 Å². The molecule has 1 aromatic carbocycles. The van der Waals surface area contributed by atoms with Crippen LogP contribution >= 0.6 is 11.6 Å². The molecule has 2 atom stereocenters. The van der Waals surface area contributed by atoms with E-state index in [2.05, 4.69) is 9.97 Å². The quantitative estimate of drug-likeness (QED) is 0.439. The van der Waals surface area contributed by atoms with Crippen LogP contribution < -0.4 is 20.9 Å². The third-order valence-corrected chi connectivity index (χ3v) is 3.96. The molecule has 0 saturated carbocycles. The molecule has 0 radical (unpaired) electrons. The Hall–Kier alpha value is -2.42. The summed E-state index contributed by atoms with van der Waals surface area (Å²) in [6.45, 7) is 1.81. The van der Waals surface area contributed by atoms with Gasteiger partial charge in [-0.15, -0.1) is 0 Å². The van der Waals surface area contributed by atoms with Crippen molar-refractivity contribution in [1.82, 2.24) is 9.97 Å². The van der Waals surface area contributed by atoms with Gasteiger partial charge in [0.1, 0.15) is 35.5 Å². The zero-order valence-electron chi connectivity index (χ0n) is 14.3. The highest BCUT2D eigenvalue weighted by molar-refractivity contribution is 6.29. The Morgan fingerprint density at radius 2 is 1.92 bits per heavy atom. The van der Waals surface area contributed by atoms with Crippen LogP contribution in [0.25, 0.3) is 0 Å². The minimum atomic E-state index is -1.65. The van der Waals surface area contributed by atoms with E-state index in [9.17, 15) is 9.90 Å². The van der Waals surface area contributed by atoms with E-state index in [-0.39, 0.29) is 30.0 Å². The highest BCUT2D eigenvalue weighted by atomic mass is 35.5. The van der Waals surface area contributed by atoms with Crippen molar-refractivity contribution in [2.24, 2.45) is 11.5 Å². The Labute approximate surface area is 156 Å². The maximum atomic E-state index is 11.4. The highest BCUT2D eigenvalue weighted by Gasteiger charge is 2.40. The second kappa shape index (κ2) is 8.79. The predicted octanol–water partition coefficient (Wildman–Crippen LogP) is 1.43. The number of ether oxygens (including phenoxy) is 2. The maximum absolute atomic E-state index is 11.4. The van der Waals surface area contributed by atoms with E-state index in [0.717, 1.165) is 5.75 Å². The molecule has 0 aliphatic heterocycles. The van der Waals surface area contributed by atoms with Gasteiger partial charge in [0, 0.05) is 12.6 Å². The Morgan fingerprint density at radius 1 is 1.27 bits per heavy atom. The molecule has 140 valence electrons. The monoisotopic (exact) mass is 380 g/mol. The molecule has 1 unspecified atom stereocenters. The second-order valence-corrected chi connectivity index (χ2v) is 6.16. The number of rotatable bonds is 9. The molecule has 1 aromatic heterocycles. The molecule has 0 aliphatic rings. The van der Waals surface area contributed by atoms with Gasteiger partial charge in [-0.3, -0.25) is 4.79 Å². The van der Waals surface area contributed by atoms with Crippen LogP contribution in [0.4, 0.5) is 0 Å². The van der Waals surface area contributed by atoms with Gasteiger partial charge in [0.25, 0.3) is 0 Å². The number of nitrogens with two attached hydrogens (primary N) is 2. The van der Waals surface area contributed by atoms with Crippen LogP contribution in [0.1, 0.15) is 18.7 Å². The van der Waals surface area contributed by atoms with Gasteiger partial charge in [-0.1, -0.05) is 29.8 Å². The van der Waals surface area contributed by atoms with Gasteiger partial charge in [-0.25, -0.2) is 4.98 Å². The standard InChI is InChI=1S/C17H21ClN4O4/c1-17(20,16(23)24)12(10-19)15-21-13(18)9-14(22-15)26-8-7-25-11-5-3-2-4-6-11/h2-6,9,12H,7-8,10,19-20H2,1H3,(H,23,24)/t12?,17-/m1/s1. The van der Waals surface area contributed by atoms with Crippen LogP contribution in [0.5, 0.6) is 11.6 Å². The van der Waals surface area contributed by atoms with Gasteiger partial charge < -0.3 is 26.0 Å². The van der Waals surface area contributed by atoms with E-state index in [1.165, 1.54) is 13.0 Å². The van der Waals surface area contributed by atoms with Crippen molar-refractivity contribution in [3.8, 4) is 11.6 Å². The van der Waals surface area contributed by atoms with Crippen LogP contribution in [0.3, 0.4) is 0 Å².